The first-order chi connectivity index (χ1) is 7.52. The van der Waals surface area contributed by atoms with Crippen LogP contribution in [-0.2, 0) is 4.79 Å². The molecule has 6 heteroatoms. The summed E-state index contributed by atoms with van der Waals surface area (Å²) in [6, 6.07) is 0. The number of aromatic amines is 1. The maximum Gasteiger partial charge on any atom is 0.377 e. The number of carboxylic acid groups (broad SMARTS) is 1. The molecule has 0 aliphatic rings. The molecular formula is C10H7ClN2O3. The molecule has 0 fully saturated rings. The fraction of sp³-hybridized carbons (Fsp3) is 0.100. The lowest BCUT2D eigenvalue weighted by Gasteiger charge is -1.99. The quantitative estimate of drug-likeness (QED) is 0.475. The Morgan fingerprint density at radius 3 is 2.81 bits per heavy atom. The Labute approximate surface area is 95.1 Å². The largest absolute Gasteiger partial charge is 0.475 e. The highest BCUT2D eigenvalue weighted by atomic mass is 35.5. The third kappa shape index (κ3) is 1.45. The van der Waals surface area contributed by atoms with Crippen LogP contribution in [0.1, 0.15) is 15.9 Å². The molecule has 0 aliphatic carbocycles. The van der Waals surface area contributed by atoms with E-state index in [9.17, 15) is 9.59 Å². The van der Waals surface area contributed by atoms with Gasteiger partial charge in [0, 0.05) is 17.8 Å². The molecule has 16 heavy (non-hydrogen) atoms. The highest BCUT2D eigenvalue weighted by molar-refractivity contribution is 6.43. The molecule has 0 aromatic carbocycles. The molecule has 0 spiro atoms. The Kier molecular flexibility index (Phi) is 2.40. The summed E-state index contributed by atoms with van der Waals surface area (Å²) in [5.41, 5.74) is 1.28. The summed E-state index contributed by atoms with van der Waals surface area (Å²) in [5.74, 6) is -2.45. The minimum Gasteiger partial charge on any atom is -0.475 e. The van der Waals surface area contributed by atoms with Gasteiger partial charge in [-0.2, -0.15) is 0 Å². The van der Waals surface area contributed by atoms with Crippen molar-refractivity contribution in [3.05, 3.63) is 28.7 Å². The van der Waals surface area contributed by atoms with E-state index >= 15 is 0 Å². The lowest BCUT2D eigenvalue weighted by atomic mass is 10.1. The Balaban J connectivity index is 2.78. The summed E-state index contributed by atoms with van der Waals surface area (Å²) in [6.45, 7) is 1.73. The van der Waals surface area contributed by atoms with Gasteiger partial charge in [-0.25, -0.2) is 9.78 Å². The van der Waals surface area contributed by atoms with Crippen molar-refractivity contribution in [2.75, 3.05) is 0 Å². The van der Waals surface area contributed by atoms with Crippen LogP contribution in [0.4, 0.5) is 0 Å². The van der Waals surface area contributed by atoms with Crippen LogP contribution in [0, 0.1) is 6.92 Å². The number of H-pyrrole nitrogens is 1. The van der Waals surface area contributed by atoms with Crippen LogP contribution < -0.4 is 0 Å². The number of fused-ring (bicyclic) bond motifs is 1. The molecule has 0 bridgehead atoms. The van der Waals surface area contributed by atoms with Gasteiger partial charge in [0.2, 0.25) is 0 Å². The fourth-order valence-corrected chi connectivity index (χ4v) is 1.77. The topological polar surface area (TPSA) is 83.0 Å². The summed E-state index contributed by atoms with van der Waals surface area (Å²) in [6.07, 6.45) is 2.83. The molecule has 2 heterocycles. The van der Waals surface area contributed by atoms with Gasteiger partial charge in [-0.1, -0.05) is 11.6 Å². The van der Waals surface area contributed by atoms with E-state index < -0.39 is 11.8 Å². The second-order valence-electron chi connectivity index (χ2n) is 3.32. The smallest absolute Gasteiger partial charge is 0.377 e. The van der Waals surface area contributed by atoms with E-state index in [1.165, 1.54) is 12.4 Å². The Morgan fingerprint density at radius 2 is 2.19 bits per heavy atom. The second-order valence-corrected chi connectivity index (χ2v) is 3.68. The molecule has 82 valence electrons. The number of rotatable bonds is 2. The molecule has 0 amide bonds. The van der Waals surface area contributed by atoms with E-state index in [2.05, 4.69) is 9.97 Å². The predicted octanol–water partition coefficient (Wildman–Crippen LogP) is 1.79. The summed E-state index contributed by atoms with van der Waals surface area (Å²) < 4.78 is 0. The molecule has 2 aromatic rings. The van der Waals surface area contributed by atoms with Gasteiger partial charge in [-0.15, -0.1) is 0 Å². The minimum absolute atomic E-state index is 0.101. The number of carbonyl (C=O) groups excluding carboxylic acids is 1. The fourth-order valence-electron chi connectivity index (χ4n) is 1.57. The van der Waals surface area contributed by atoms with Crippen molar-refractivity contribution < 1.29 is 14.7 Å². The average molecular weight is 239 g/mol. The number of aryl methyl sites for hydroxylation is 1. The first kappa shape index (κ1) is 10.6. The number of carbonyl (C=O) groups is 2. The molecule has 0 saturated carbocycles. The number of carboxylic acids is 1. The van der Waals surface area contributed by atoms with Gasteiger partial charge in [0.25, 0.3) is 5.78 Å². The van der Waals surface area contributed by atoms with E-state index in [-0.39, 0.29) is 10.7 Å². The van der Waals surface area contributed by atoms with Crippen molar-refractivity contribution in [3.8, 4) is 0 Å². The van der Waals surface area contributed by atoms with Gasteiger partial charge in [0.1, 0.15) is 0 Å². The normalized spacial score (nSPS) is 10.6. The standard InChI is InChI=1S/C10H7ClN2O3/c1-4-2-13-9(11)7-6(4)5(3-12-7)8(14)10(15)16/h2-3,12H,1H3,(H,15,16). The Bertz CT molecular complexity index is 603. The van der Waals surface area contributed by atoms with Gasteiger partial charge in [0.05, 0.1) is 11.1 Å². The van der Waals surface area contributed by atoms with Gasteiger partial charge < -0.3 is 10.1 Å². The third-order valence-corrected chi connectivity index (χ3v) is 2.58. The molecule has 0 radical (unpaired) electrons. The number of aliphatic carboxylic acids is 1. The van der Waals surface area contributed by atoms with E-state index in [0.717, 1.165) is 0 Å². The maximum absolute atomic E-state index is 11.4. The lowest BCUT2D eigenvalue weighted by molar-refractivity contribution is -0.131. The van der Waals surface area contributed by atoms with Crippen LogP contribution in [0.15, 0.2) is 12.4 Å². The molecule has 0 saturated heterocycles. The van der Waals surface area contributed by atoms with Gasteiger partial charge in [-0.3, -0.25) is 4.79 Å². The van der Waals surface area contributed by atoms with Crippen molar-refractivity contribution >= 4 is 34.3 Å². The number of Topliss-reactive ketones (excluding diaryl/α,β-unsaturated/α-hetero) is 1. The van der Waals surface area contributed by atoms with Crippen molar-refractivity contribution in [3.63, 3.8) is 0 Å². The van der Waals surface area contributed by atoms with Crippen molar-refractivity contribution in [2.24, 2.45) is 0 Å². The van der Waals surface area contributed by atoms with Gasteiger partial charge in [-0.05, 0) is 12.5 Å². The molecule has 0 unspecified atom stereocenters. The number of ketones is 1. The monoisotopic (exact) mass is 238 g/mol. The van der Waals surface area contributed by atoms with Gasteiger partial charge >= 0.3 is 5.97 Å². The zero-order valence-corrected chi connectivity index (χ0v) is 9.00. The minimum atomic E-state index is -1.49. The summed E-state index contributed by atoms with van der Waals surface area (Å²) in [5, 5.41) is 9.38. The van der Waals surface area contributed by atoms with Crippen LogP contribution in [0.2, 0.25) is 5.15 Å². The molecule has 5 nitrogen and oxygen atoms in total. The van der Waals surface area contributed by atoms with Crippen LogP contribution in [-0.4, -0.2) is 26.8 Å². The number of halogens is 1. The van der Waals surface area contributed by atoms with E-state index in [1.54, 1.807) is 6.92 Å². The summed E-state index contributed by atoms with van der Waals surface area (Å²) >= 11 is 5.83. The number of pyridine rings is 1. The number of hydrogen-bond acceptors (Lipinski definition) is 3. The van der Waals surface area contributed by atoms with E-state index in [0.29, 0.717) is 16.5 Å². The highest BCUT2D eigenvalue weighted by Gasteiger charge is 2.21. The maximum atomic E-state index is 11.4. The van der Waals surface area contributed by atoms with Crippen molar-refractivity contribution in [2.45, 2.75) is 6.92 Å². The van der Waals surface area contributed by atoms with Crippen LogP contribution in [0.5, 0.6) is 0 Å². The zero-order chi connectivity index (χ0) is 11.9. The highest BCUT2D eigenvalue weighted by Crippen LogP contribution is 2.26. The van der Waals surface area contributed by atoms with Crippen LogP contribution >= 0.6 is 11.6 Å². The second kappa shape index (κ2) is 3.61. The number of aromatic nitrogens is 2. The molecule has 2 N–H and O–H groups in total. The predicted molar refractivity (Wildman–Crippen MR) is 57.8 cm³/mol. The molecule has 2 aromatic heterocycles. The number of hydrogen-bond donors (Lipinski definition) is 2. The van der Waals surface area contributed by atoms with Crippen molar-refractivity contribution in [1.82, 2.24) is 9.97 Å². The van der Waals surface area contributed by atoms with Crippen LogP contribution in [0.25, 0.3) is 10.9 Å². The Morgan fingerprint density at radius 1 is 1.50 bits per heavy atom. The molecule has 2 rings (SSSR count). The molecular weight excluding hydrogens is 232 g/mol. The summed E-state index contributed by atoms with van der Waals surface area (Å²) in [7, 11) is 0. The lowest BCUT2D eigenvalue weighted by Crippen LogP contribution is -2.12. The van der Waals surface area contributed by atoms with E-state index in [1.807, 2.05) is 0 Å². The Hall–Kier alpha value is -1.88. The SMILES string of the molecule is Cc1cnc(Cl)c2[nH]cc(C(=O)C(=O)O)c12. The number of nitrogens with zero attached hydrogens (tertiary/aromatic N) is 1. The van der Waals surface area contributed by atoms with Crippen molar-refractivity contribution in [1.29, 1.82) is 0 Å². The average Bonchev–Trinajstić information content (AvgIpc) is 2.67. The number of nitrogens with one attached hydrogen (secondary N) is 1. The third-order valence-electron chi connectivity index (χ3n) is 2.29. The molecule has 0 aliphatic heterocycles. The zero-order valence-electron chi connectivity index (χ0n) is 8.24. The molecule has 0 atom stereocenters. The first-order valence-electron chi connectivity index (χ1n) is 4.42. The van der Waals surface area contributed by atoms with Crippen LogP contribution in [0.3, 0.4) is 0 Å². The first-order valence-corrected chi connectivity index (χ1v) is 4.80. The van der Waals surface area contributed by atoms with E-state index in [4.69, 9.17) is 16.7 Å². The van der Waals surface area contributed by atoms with Gasteiger partial charge in [0.15, 0.2) is 5.15 Å². The summed E-state index contributed by atoms with van der Waals surface area (Å²) in [4.78, 5) is 28.7.